The van der Waals surface area contributed by atoms with Crippen LogP contribution < -0.4 is 4.74 Å². The van der Waals surface area contributed by atoms with Crippen molar-refractivity contribution in [3.63, 3.8) is 0 Å². The Balaban J connectivity index is 2.14. The van der Waals surface area contributed by atoms with Crippen LogP contribution in [-0.4, -0.2) is 24.0 Å². The number of para-hydroxylation sites is 1. The van der Waals surface area contributed by atoms with Gasteiger partial charge in [-0.15, -0.1) is 0 Å². The van der Waals surface area contributed by atoms with Crippen LogP contribution in [0.4, 0.5) is 0 Å². The fourth-order valence-electron chi connectivity index (χ4n) is 2.27. The van der Waals surface area contributed by atoms with E-state index in [-0.39, 0.29) is 5.91 Å². The van der Waals surface area contributed by atoms with Crippen LogP contribution in [-0.2, 0) is 11.3 Å². The first-order valence-electron chi connectivity index (χ1n) is 6.65. The molecule has 1 aromatic carbocycles. The maximum Gasteiger partial charge on any atom is 0.240 e. The monoisotopic (exact) mass is 258 g/mol. The van der Waals surface area contributed by atoms with Crippen LogP contribution in [0.5, 0.6) is 5.75 Å². The van der Waals surface area contributed by atoms with Gasteiger partial charge in [-0.1, -0.05) is 31.5 Å². The third-order valence-electron chi connectivity index (χ3n) is 3.30. The van der Waals surface area contributed by atoms with E-state index >= 15 is 0 Å². The lowest BCUT2D eigenvalue weighted by Crippen LogP contribution is -2.36. The van der Waals surface area contributed by atoms with Gasteiger partial charge in [0.15, 0.2) is 0 Å². The van der Waals surface area contributed by atoms with Gasteiger partial charge < -0.3 is 9.64 Å². The number of nitrogens with zero attached hydrogens (tertiary/aromatic N) is 2. The zero-order chi connectivity index (χ0) is 13.7. The molecular formula is C15H18N2O2. The molecule has 19 heavy (non-hydrogen) atoms. The first-order valence-corrected chi connectivity index (χ1v) is 6.65. The number of nitriles is 1. The summed E-state index contributed by atoms with van der Waals surface area (Å²) < 4.78 is 5.63. The molecule has 0 spiro atoms. The van der Waals surface area contributed by atoms with E-state index in [1.807, 2.05) is 31.2 Å². The Morgan fingerprint density at radius 2 is 2.32 bits per heavy atom. The molecule has 1 atom stereocenters. The first kappa shape index (κ1) is 13.4. The van der Waals surface area contributed by atoms with E-state index in [1.165, 1.54) is 0 Å². The highest BCUT2D eigenvalue weighted by molar-refractivity contribution is 5.81. The van der Waals surface area contributed by atoms with Gasteiger partial charge in [0.2, 0.25) is 5.91 Å². The van der Waals surface area contributed by atoms with E-state index < -0.39 is 5.92 Å². The average Bonchev–Trinajstić information content (AvgIpc) is 2.66. The van der Waals surface area contributed by atoms with Crippen LogP contribution in [0.15, 0.2) is 24.3 Å². The number of amides is 1. The second-order valence-electron chi connectivity index (χ2n) is 4.69. The van der Waals surface area contributed by atoms with Crippen LogP contribution in [0.2, 0.25) is 0 Å². The van der Waals surface area contributed by atoms with Gasteiger partial charge in [0.25, 0.3) is 0 Å². The summed E-state index contributed by atoms with van der Waals surface area (Å²) in [4.78, 5) is 14.1. The predicted molar refractivity (Wildman–Crippen MR) is 71.4 cm³/mol. The molecule has 0 aliphatic carbocycles. The van der Waals surface area contributed by atoms with Crippen molar-refractivity contribution in [1.29, 1.82) is 5.26 Å². The molecule has 0 N–H and O–H groups in total. The number of benzene rings is 1. The van der Waals surface area contributed by atoms with Gasteiger partial charge in [-0.25, -0.2) is 0 Å². The summed E-state index contributed by atoms with van der Waals surface area (Å²) in [6.45, 7) is 3.53. The van der Waals surface area contributed by atoms with Gasteiger partial charge in [-0.05, 0) is 12.5 Å². The molecule has 4 heteroatoms. The highest BCUT2D eigenvalue weighted by Gasteiger charge is 2.25. The molecule has 0 bridgehead atoms. The van der Waals surface area contributed by atoms with E-state index in [0.717, 1.165) is 17.7 Å². The smallest absolute Gasteiger partial charge is 0.240 e. The average molecular weight is 258 g/mol. The highest BCUT2D eigenvalue weighted by atomic mass is 16.5. The minimum atomic E-state index is -0.532. The minimum absolute atomic E-state index is 0.0790. The normalized spacial score (nSPS) is 15.7. The Bertz CT molecular complexity index is 493. The molecular weight excluding hydrogens is 240 g/mol. The molecule has 1 aromatic rings. The van der Waals surface area contributed by atoms with Crippen LogP contribution in [0.3, 0.4) is 0 Å². The number of hydrogen-bond donors (Lipinski definition) is 0. The summed E-state index contributed by atoms with van der Waals surface area (Å²) >= 11 is 0. The quantitative estimate of drug-likeness (QED) is 0.836. The number of rotatable bonds is 3. The van der Waals surface area contributed by atoms with Gasteiger partial charge in [-0.2, -0.15) is 5.26 Å². The molecule has 1 amide bonds. The van der Waals surface area contributed by atoms with Gasteiger partial charge in [0.1, 0.15) is 18.3 Å². The lowest BCUT2D eigenvalue weighted by atomic mass is 10.0. The van der Waals surface area contributed by atoms with Crippen molar-refractivity contribution in [2.24, 2.45) is 5.92 Å². The second kappa shape index (κ2) is 6.24. The molecule has 100 valence electrons. The summed E-state index contributed by atoms with van der Waals surface area (Å²) in [5, 5.41) is 9.10. The zero-order valence-corrected chi connectivity index (χ0v) is 11.1. The molecule has 0 fully saturated rings. The number of carbonyl (C=O) groups excluding carboxylic acids is 1. The lowest BCUT2D eigenvalue weighted by molar-refractivity contribution is -0.134. The van der Waals surface area contributed by atoms with Gasteiger partial charge in [0.05, 0.1) is 12.6 Å². The topological polar surface area (TPSA) is 53.3 Å². The van der Waals surface area contributed by atoms with Crippen molar-refractivity contribution in [2.45, 2.75) is 26.3 Å². The maximum atomic E-state index is 12.3. The number of carbonyl (C=O) groups is 1. The molecule has 0 aromatic heterocycles. The molecule has 4 nitrogen and oxygen atoms in total. The maximum absolute atomic E-state index is 12.3. The SMILES string of the molecule is CCCC(C#N)C(=O)N1CCOc2ccccc2C1. The molecule has 0 saturated heterocycles. The summed E-state index contributed by atoms with van der Waals surface area (Å²) in [5.41, 5.74) is 1.00. The summed E-state index contributed by atoms with van der Waals surface area (Å²) in [6, 6.07) is 9.84. The van der Waals surface area contributed by atoms with E-state index in [9.17, 15) is 4.79 Å². The molecule has 0 radical (unpaired) electrons. The standard InChI is InChI=1S/C15H18N2O2/c1-2-5-12(10-16)15(18)17-8-9-19-14-7-4-3-6-13(14)11-17/h3-4,6-7,12H,2,5,8-9,11H2,1H3. The summed E-state index contributed by atoms with van der Waals surface area (Å²) in [7, 11) is 0. The Morgan fingerprint density at radius 1 is 1.53 bits per heavy atom. The third kappa shape index (κ3) is 3.05. The number of fused-ring (bicyclic) bond motifs is 1. The van der Waals surface area contributed by atoms with E-state index in [4.69, 9.17) is 10.00 Å². The summed E-state index contributed by atoms with van der Waals surface area (Å²) in [6.07, 6.45) is 1.46. The van der Waals surface area contributed by atoms with Crippen LogP contribution in [0.25, 0.3) is 0 Å². The van der Waals surface area contributed by atoms with E-state index in [0.29, 0.717) is 26.1 Å². The lowest BCUT2D eigenvalue weighted by Gasteiger charge is -2.22. The second-order valence-corrected chi connectivity index (χ2v) is 4.69. The van der Waals surface area contributed by atoms with Crippen LogP contribution in [0, 0.1) is 17.2 Å². The largest absolute Gasteiger partial charge is 0.491 e. The van der Waals surface area contributed by atoms with Gasteiger partial charge in [0, 0.05) is 12.1 Å². The van der Waals surface area contributed by atoms with Crippen molar-refractivity contribution in [1.82, 2.24) is 4.90 Å². The number of ether oxygens (including phenoxy) is 1. The highest BCUT2D eigenvalue weighted by Crippen LogP contribution is 2.23. The first-order chi connectivity index (χ1) is 9.26. The Hall–Kier alpha value is -2.02. The van der Waals surface area contributed by atoms with E-state index in [1.54, 1.807) is 4.90 Å². The predicted octanol–water partition coefficient (Wildman–Crippen LogP) is 2.35. The van der Waals surface area contributed by atoms with Gasteiger partial charge in [-0.3, -0.25) is 4.79 Å². The van der Waals surface area contributed by atoms with Crippen molar-refractivity contribution >= 4 is 5.91 Å². The van der Waals surface area contributed by atoms with Gasteiger partial charge >= 0.3 is 0 Å². The van der Waals surface area contributed by atoms with Crippen LogP contribution in [0.1, 0.15) is 25.3 Å². The molecule has 0 saturated carbocycles. The minimum Gasteiger partial charge on any atom is -0.491 e. The molecule has 1 aliphatic rings. The third-order valence-corrected chi connectivity index (χ3v) is 3.30. The summed E-state index contributed by atoms with van der Waals surface area (Å²) in [5.74, 6) is 0.224. The van der Waals surface area contributed by atoms with Crippen molar-refractivity contribution in [3.8, 4) is 11.8 Å². The van der Waals surface area contributed by atoms with Crippen molar-refractivity contribution in [3.05, 3.63) is 29.8 Å². The molecule has 2 rings (SSSR count). The zero-order valence-electron chi connectivity index (χ0n) is 11.1. The van der Waals surface area contributed by atoms with Crippen molar-refractivity contribution in [2.75, 3.05) is 13.2 Å². The molecule has 1 aliphatic heterocycles. The number of hydrogen-bond acceptors (Lipinski definition) is 3. The Labute approximate surface area is 113 Å². The van der Waals surface area contributed by atoms with Crippen molar-refractivity contribution < 1.29 is 9.53 Å². The Morgan fingerprint density at radius 3 is 3.05 bits per heavy atom. The molecule has 1 unspecified atom stereocenters. The fourth-order valence-corrected chi connectivity index (χ4v) is 2.27. The van der Waals surface area contributed by atoms with E-state index in [2.05, 4.69) is 6.07 Å². The fraction of sp³-hybridized carbons (Fsp3) is 0.467. The Kier molecular flexibility index (Phi) is 4.40. The molecule has 1 heterocycles. The van der Waals surface area contributed by atoms with Crippen LogP contribution >= 0.6 is 0 Å².